The molecular weight excluding hydrogens is 357 g/mol. The SMILES string of the molecule is Cc1ccc(CC(N)c2ccc(I)cc2)c(Cl)c1. The molecule has 2 rings (SSSR count). The molecule has 0 aliphatic carbocycles. The molecule has 1 nitrogen and oxygen atoms in total. The van der Waals surface area contributed by atoms with E-state index >= 15 is 0 Å². The molecule has 0 aliphatic rings. The van der Waals surface area contributed by atoms with Gasteiger partial charge in [-0.1, -0.05) is 35.9 Å². The van der Waals surface area contributed by atoms with E-state index in [2.05, 4.69) is 59.0 Å². The summed E-state index contributed by atoms with van der Waals surface area (Å²) in [6, 6.07) is 14.4. The molecule has 0 spiro atoms. The van der Waals surface area contributed by atoms with E-state index in [0.29, 0.717) is 0 Å². The minimum absolute atomic E-state index is 0.0118. The first-order valence-electron chi connectivity index (χ1n) is 5.82. The highest BCUT2D eigenvalue weighted by molar-refractivity contribution is 14.1. The van der Waals surface area contributed by atoms with Crippen molar-refractivity contribution in [3.05, 3.63) is 67.7 Å². The van der Waals surface area contributed by atoms with Crippen LogP contribution in [0.1, 0.15) is 22.7 Å². The topological polar surface area (TPSA) is 26.0 Å². The monoisotopic (exact) mass is 371 g/mol. The summed E-state index contributed by atoms with van der Waals surface area (Å²) in [7, 11) is 0. The molecule has 0 fully saturated rings. The summed E-state index contributed by atoms with van der Waals surface area (Å²) in [5.74, 6) is 0. The molecule has 0 heterocycles. The third-order valence-electron chi connectivity index (χ3n) is 2.95. The van der Waals surface area contributed by atoms with Crippen LogP contribution in [-0.4, -0.2) is 0 Å². The number of hydrogen-bond donors (Lipinski definition) is 1. The van der Waals surface area contributed by atoms with E-state index in [1.807, 2.05) is 13.0 Å². The van der Waals surface area contributed by atoms with Crippen molar-refractivity contribution in [3.8, 4) is 0 Å². The first kappa shape index (κ1) is 13.8. The Morgan fingerprint density at radius 1 is 1.17 bits per heavy atom. The van der Waals surface area contributed by atoms with E-state index in [4.69, 9.17) is 17.3 Å². The van der Waals surface area contributed by atoms with Crippen LogP contribution < -0.4 is 5.73 Å². The van der Waals surface area contributed by atoms with E-state index in [9.17, 15) is 0 Å². The third-order valence-corrected chi connectivity index (χ3v) is 4.02. The van der Waals surface area contributed by atoms with Gasteiger partial charge in [-0.15, -0.1) is 0 Å². The second kappa shape index (κ2) is 6.04. The largest absolute Gasteiger partial charge is 0.324 e. The van der Waals surface area contributed by atoms with Crippen LogP contribution in [0.2, 0.25) is 5.02 Å². The summed E-state index contributed by atoms with van der Waals surface area (Å²) in [6.07, 6.45) is 0.764. The summed E-state index contributed by atoms with van der Waals surface area (Å²) < 4.78 is 1.22. The maximum Gasteiger partial charge on any atom is 0.0441 e. The van der Waals surface area contributed by atoms with Crippen molar-refractivity contribution in [2.45, 2.75) is 19.4 Å². The van der Waals surface area contributed by atoms with Gasteiger partial charge in [0.15, 0.2) is 0 Å². The number of aryl methyl sites for hydroxylation is 1. The molecule has 1 atom stereocenters. The second-order valence-electron chi connectivity index (χ2n) is 4.46. The Morgan fingerprint density at radius 2 is 1.83 bits per heavy atom. The lowest BCUT2D eigenvalue weighted by molar-refractivity contribution is 0.722. The molecule has 94 valence electrons. The lowest BCUT2D eigenvalue weighted by Gasteiger charge is -2.13. The van der Waals surface area contributed by atoms with E-state index in [1.54, 1.807) is 0 Å². The average Bonchev–Trinajstić information content (AvgIpc) is 2.33. The van der Waals surface area contributed by atoms with Gasteiger partial charge in [-0.2, -0.15) is 0 Å². The van der Waals surface area contributed by atoms with E-state index in [-0.39, 0.29) is 6.04 Å². The lowest BCUT2D eigenvalue weighted by Crippen LogP contribution is -2.13. The molecule has 2 N–H and O–H groups in total. The van der Waals surface area contributed by atoms with Crippen molar-refractivity contribution in [2.24, 2.45) is 5.73 Å². The molecule has 0 radical (unpaired) electrons. The molecule has 2 aromatic rings. The second-order valence-corrected chi connectivity index (χ2v) is 6.11. The number of nitrogens with two attached hydrogens (primary N) is 1. The van der Waals surface area contributed by atoms with E-state index < -0.39 is 0 Å². The van der Waals surface area contributed by atoms with E-state index in [1.165, 1.54) is 9.13 Å². The average molecular weight is 372 g/mol. The van der Waals surface area contributed by atoms with Gasteiger partial charge in [0.2, 0.25) is 0 Å². The molecule has 0 bridgehead atoms. The van der Waals surface area contributed by atoms with Crippen molar-refractivity contribution in [1.29, 1.82) is 0 Å². The fraction of sp³-hybridized carbons (Fsp3) is 0.200. The van der Waals surface area contributed by atoms with Crippen LogP contribution in [0.4, 0.5) is 0 Å². The molecule has 0 saturated heterocycles. The molecule has 0 saturated carbocycles. The van der Waals surface area contributed by atoms with Gasteiger partial charge in [-0.3, -0.25) is 0 Å². The Morgan fingerprint density at radius 3 is 2.44 bits per heavy atom. The Hall–Kier alpha value is -0.580. The summed E-state index contributed by atoms with van der Waals surface area (Å²) in [4.78, 5) is 0. The fourth-order valence-corrected chi connectivity index (χ4v) is 2.55. The smallest absolute Gasteiger partial charge is 0.0441 e. The standard InChI is InChI=1S/C15H15ClIN/c1-10-2-3-12(14(16)8-10)9-15(18)11-4-6-13(17)7-5-11/h2-8,15H,9,18H2,1H3. The molecule has 1 unspecified atom stereocenters. The van der Waals surface area contributed by atoms with Crippen molar-refractivity contribution in [1.82, 2.24) is 0 Å². The zero-order valence-corrected chi connectivity index (χ0v) is 13.1. The van der Waals surface area contributed by atoms with Gasteiger partial charge < -0.3 is 5.73 Å². The van der Waals surface area contributed by atoms with Crippen LogP contribution >= 0.6 is 34.2 Å². The normalized spacial score (nSPS) is 12.4. The van der Waals surface area contributed by atoms with Crippen molar-refractivity contribution in [3.63, 3.8) is 0 Å². The first-order chi connectivity index (χ1) is 8.56. The minimum atomic E-state index is -0.0118. The van der Waals surface area contributed by atoms with Crippen LogP contribution in [0.5, 0.6) is 0 Å². The zero-order chi connectivity index (χ0) is 13.1. The zero-order valence-electron chi connectivity index (χ0n) is 10.2. The minimum Gasteiger partial charge on any atom is -0.324 e. The van der Waals surface area contributed by atoms with Gasteiger partial charge in [-0.05, 0) is 70.8 Å². The molecular formula is C15H15ClIN. The molecule has 0 amide bonds. The van der Waals surface area contributed by atoms with Gasteiger partial charge in [0.1, 0.15) is 0 Å². The Balaban J connectivity index is 2.15. The van der Waals surface area contributed by atoms with Gasteiger partial charge in [0, 0.05) is 14.6 Å². The summed E-state index contributed by atoms with van der Waals surface area (Å²) >= 11 is 8.52. The van der Waals surface area contributed by atoms with Gasteiger partial charge in [-0.25, -0.2) is 0 Å². The van der Waals surface area contributed by atoms with Gasteiger partial charge in [0.05, 0.1) is 0 Å². The Labute approximate surface area is 126 Å². The molecule has 0 aromatic heterocycles. The molecule has 3 heteroatoms. The predicted octanol–water partition coefficient (Wildman–Crippen LogP) is 4.50. The Kier molecular flexibility index (Phi) is 4.65. The maximum atomic E-state index is 6.23. The van der Waals surface area contributed by atoms with Gasteiger partial charge >= 0.3 is 0 Å². The lowest BCUT2D eigenvalue weighted by atomic mass is 9.99. The summed E-state index contributed by atoms with van der Waals surface area (Å²) in [5, 5.41) is 0.802. The number of benzene rings is 2. The third kappa shape index (κ3) is 3.46. The molecule has 0 aliphatic heterocycles. The summed E-state index contributed by atoms with van der Waals surface area (Å²) in [5.41, 5.74) is 9.65. The number of rotatable bonds is 3. The highest BCUT2D eigenvalue weighted by atomic mass is 127. The molecule has 18 heavy (non-hydrogen) atoms. The van der Waals surface area contributed by atoms with Crippen LogP contribution in [0.25, 0.3) is 0 Å². The fourth-order valence-electron chi connectivity index (χ4n) is 1.88. The van der Waals surface area contributed by atoms with Crippen molar-refractivity contribution < 1.29 is 0 Å². The quantitative estimate of drug-likeness (QED) is 0.790. The summed E-state index contributed by atoms with van der Waals surface area (Å²) in [6.45, 7) is 2.04. The molecule has 2 aromatic carbocycles. The highest BCUT2D eigenvalue weighted by Crippen LogP contribution is 2.23. The van der Waals surface area contributed by atoms with Crippen LogP contribution in [0.3, 0.4) is 0 Å². The maximum absolute atomic E-state index is 6.23. The van der Waals surface area contributed by atoms with Crippen molar-refractivity contribution in [2.75, 3.05) is 0 Å². The van der Waals surface area contributed by atoms with Gasteiger partial charge in [0.25, 0.3) is 0 Å². The van der Waals surface area contributed by atoms with Crippen LogP contribution in [0, 0.1) is 10.5 Å². The first-order valence-corrected chi connectivity index (χ1v) is 7.28. The van der Waals surface area contributed by atoms with E-state index in [0.717, 1.165) is 22.6 Å². The van der Waals surface area contributed by atoms with Crippen LogP contribution in [-0.2, 0) is 6.42 Å². The number of halogens is 2. The number of hydrogen-bond acceptors (Lipinski definition) is 1. The Bertz CT molecular complexity index is 537. The van der Waals surface area contributed by atoms with Crippen LogP contribution in [0.15, 0.2) is 42.5 Å². The van der Waals surface area contributed by atoms with Crippen molar-refractivity contribution >= 4 is 34.2 Å². The highest BCUT2D eigenvalue weighted by Gasteiger charge is 2.09. The predicted molar refractivity (Wildman–Crippen MR) is 86.0 cm³/mol.